The number of aliphatic hydroxyl groups is 1. The minimum Gasteiger partial charge on any atom is -0.385 e. The summed E-state index contributed by atoms with van der Waals surface area (Å²) in [6.45, 7) is 12.1. The average molecular weight is 238 g/mol. The Morgan fingerprint density at radius 3 is 2.29 bits per heavy atom. The first-order valence-electron chi connectivity index (χ1n) is 6.47. The Labute approximate surface area is 105 Å². The van der Waals surface area contributed by atoms with E-state index >= 15 is 0 Å². The maximum absolute atomic E-state index is 11.1. The molecule has 1 N–H and O–H groups in total. The summed E-state index contributed by atoms with van der Waals surface area (Å²) in [5, 5.41) is 11.1. The van der Waals surface area contributed by atoms with Gasteiger partial charge in [-0.2, -0.15) is 0 Å². The summed E-state index contributed by atoms with van der Waals surface area (Å²) in [6.07, 6.45) is 5.35. The van der Waals surface area contributed by atoms with E-state index in [1.54, 1.807) is 6.08 Å². The monoisotopic (exact) mass is 238 g/mol. The lowest BCUT2D eigenvalue weighted by atomic mass is 9.50. The molecule has 2 atom stereocenters. The number of rotatable bonds is 2. The SMILES string of the molecule is CC(=O)/C=C/C1(O)C(C)(C)CCC(C)C1(C)C. The van der Waals surface area contributed by atoms with Crippen LogP contribution in [0.4, 0.5) is 0 Å². The molecule has 0 saturated heterocycles. The first-order valence-corrected chi connectivity index (χ1v) is 6.47. The Hall–Kier alpha value is -0.630. The van der Waals surface area contributed by atoms with E-state index in [0.29, 0.717) is 5.92 Å². The number of carbonyl (C=O) groups excluding carboxylic acids is 1. The Morgan fingerprint density at radius 1 is 1.29 bits per heavy atom. The molecule has 0 radical (unpaired) electrons. The molecule has 2 unspecified atom stereocenters. The van der Waals surface area contributed by atoms with Crippen molar-refractivity contribution in [1.82, 2.24) is 0 Å². The molecule has 0 heterocycles. The van der Waals surface area contributed by atoms with E-state index in [2.05, 4.69) is 34.6 Å². The maximum atomic E-state index is 11.1. The van der Waals surface area contributed by atoms with Crippen LogP contribution < -0.4 is 0 Å². The van der Waals surface area contributed by atoms with Gasteiger partial charge in [-0.05, 0) is 43.3 Å². The van der Waals surface area contributed by atoms with Gasteiger partial charge in [0.05, 0.1) is 5.60 Å². The zero-order valence-electron chi connectivity index (χ0n) is 12.0. The quantitative estimate of drug-likeness (QED) is 0.749. The lowest BCUT2D eigenvalue weighted by Crippen LogP contribution is -2.59. The average Bonchev–Trinajstić information content (AvgIpc) is 2.20. The van der Waals surface area contributed by atoms with Gasteiger partial charge in [-0.15, -0.1) is 0 Å². The molecule has 0 aromatic rings. The third-order valence-electron chi connectivity index (χ3n) is 5.01. The third-order valence-corrected chi connectivity index (χ3v) is 5.01. The van der Waals surface area contributed by atoms with Crippen LogP contribution in [0.2, 0.25) is 0 Å². The van der Waals surface area contributed by atoms with Crippen LogP contribution in [0.5, 0.6) is 0 Å². The van der Waals surface area contributed by atoms with Crippen molar-refractivity contribution >= 4 is 5.78 Å². The smallest absolute Gasteiger partial charge is 0.152 e. The standard InChI is InChI=1S/C15H26O2/c1-11-7-9-13(3,4)15(17,14(11,5)6)10-8-12(2)16/h8,10-11,17H,7,9H2,1-6H3/b10-8+. The van der Waals surface area contributed by atoms with Gasteiger partial charge >= 0.3 is 0 Å². The molecular weight excluding hydrogens is 212 g/mol. The summed E-state index contributed by atoms with van der Waals surface area (Å²) >= 11 is 0. The van der Waals surface area contributed by atoms with Gasteiger partial charge in [0.2, 0.25) is 0 Å². The molecule has 0 aliphatic heterocycles. The van der Waals surface area contributed by atoms with Crippen molar-refractivity contribution in [2.24, 2.45) is 16.7 Å². The van der Waals surface area contributed by atoms with E-state index < -0.39 is 5.60 Å². The van der Waals surface area contributed by atoms with Gasteiger partial charge in [0.1, 0.15) is 0 Å². The van der Waals surface area contributed by atoms with Crippen molar-refractivity contribution in [3.8, 4) is 0 Å². The lowest BCUT2D eigenvalue weighted by Gasteiger charge is -2.57. The van der Waals surface area contributed by atoms with E-state index in [1.165, 1.54) is 13.0 Å². The van der Waals surface area contributed by atoms with Crippen molar-refractivity contribution in [3.05, 3.63) is 12.2 Å². The molecule has 2 nitrogen and oxygen atoms in total. The fraction of sp³-hybridized carbons (Fsp3) is 0.800. The highest BCUT2D eigenvalue weighted by Crippen LogP contribution is 2.56. The number of allylic oxidation sites excluding steroid dienone is 1. The van der Waals surface area contributed by atoms with Crippen LogP contribution in [0.25, 0.3) is 0 Å². The van der Waals surface area contributed by atoms with Gasteiger partial charge < -0.3 is 5.11 Å². The second-order valence-corrected chi connectivity index (χ2v) is 6.76. The molecule has 17 heavy (non-hydrogen) atoms. The summed E-state index contributed by atoms with van der Waals surface area (Å²) in [7, 11) is 0. The van der Waals surface area contributed by atoms with Crippen molar-refractivity contribution < 1.29 is 9.90 Å². The minimum atomic E-state index is -0.927. The van der Waals surface area contributed by atoms with Crippen LogP contribution in [-0.2, 0) is 4.79 Å². The molecule has 0 aromatic carbocycles. The van der Waals surface area contributed by atoms with E-state index in [0.717, 1.165) is 12.8 Å². The predicted molar refractivity (Wildman–Crippen MR) is 70.7 cm³/mol. The normalized spacial score (nSPS) is 36.1. The van der Waals surface area contributed by atoms with Crippen LogP contribution in [0.15, 0.2) is 12.2 Å². The Kier molecular flexibility index (Phi) is 3.60. The highest BCUT2D eigenvalue weighted by atomic mass is 16.3. The van der Waals surface area contributed by atoms with Gasteiger partial charge in [-0.25, -0.2) is 0 Å². The highest BCUT2D eigenvalue weighted by Gasteiger charge is 2.57. The maximum Gasteiger partial charge on any atom is 0.152 e. The molecule has 0 aromatic heterocycles. The molecule has 98 valence electrons. The van der Waals surface area contributed by atoms with Gasteiger partial charge in [-0.1, -0.05) is 34.6 Å². The van der Waals surface area contributed by atoms with Crippen LogP contribution >= 0.6 is 0 Å². The summed E-state index contributed by atoms with van der Waals surface area (Å²) in [4.78, 5) is 11.1. The highest BCUT2D eigenvalue weighted by molar-refractivity contribution is 5.87. The molecule has 0 spiro atoms. The summed E-state index contributed by atoms with van der Waals surface area (Å²) in [5.41, 5.74) is -1.35. The largest absolute Gasteiger partial charge is 0.385 e. The molecule has 0 bridgehead atoms. The summed E-state index contributed by atoms with van der Waals surface area (Å²) in [6, 6.07) is 0. The number of hydrogen-bond donors (Lipinski definition) is 1. The van der Waals surface area contributed by atoms with E-state index in [4.69, 9.17) is 0 Å². The van der Waals surface area contributed by atoms with Gasteiger partial charge in [0.15, 0.2) is 5.78 Å². The molecule has 1 aliphatic rings. The fourth-order valence-corrected chi connectivity index (χ4v) is 3.05. The van der Waals surface area contributed by atoms with Crippen LogP contribution in [0.1, 0.15) is 54.4 Å². The topological polar surface area (TPSA) is 37.3 Å². The molecule has 1 aliphatic carbocycles. The van der Waals surface area contributed by atoms with Crippen molar-refractivity contribution in [3.63, 3.8) is 0 Å². The zero-order chi connectivity index (χ0) is 13.5. The molecule has 1 saturated carbocycles. The Bertz CT molecular complexity index is 339. The molecule has 1 rings (SSSR count). The molecule has 0 amide bonds. The number of ketones is 1. The van der Waals surface area contributed by atoms with E-state index in [1.807, 2.05) is 0 Å². The first kappa shape index (κ1) is 14.4. The Balaban J connectivity index is 3.24. The van der Waals surface area contributed by atoms with E-state index in [-0.39, 0.29) is 16.6 Å². The first-order chi connectivity index (χ1) is 7.54. The van der Waals surface area contributed by atoms with E-state index in [9.17, 15) is 9.90 Å². The third kappa shape index (κ3) is 2.20. The van der Waals surface area contributed by atoms with Crippen molar-refractivity contribution in [2.45, 2.75) is 60.0 Å². The number of carbonyl (C=O) groups is 1. The predicted octanol–water partition coefficient (Wildman–Crippen LogP) is 3.35. The molecule has 2 heteroatoms. The van der Waals surface area contributed by atoms with Crippen LogP contribution in [-0.4, -0.2) is 16.5 Å². The van der Waals surface area contributed by atoms with Gasteiger partial charge in [-0.3, -0.25) is 4.79 Å². The fourth-order valence-electron chi connectivity index (χ4n) is 3.05. The summed E-state index contributed by atoms with van der Waals surface area (Å²) in [5.74, 6) is 0.431. The second kappa shape index (κ2) is 4.24. The lowest BCUT2D eigenvalue weighted by molar-refractivity contribution is -0.164. The molecule has 1 fully saturated rings. The minimum absolute atomic E-state index is 0.0109. The second-order valence-electron chi connectivity index (χ2n) is 6.76. The summed E-state index contributed by atoms with van der Waals surface area (Å²) < 4.78 is 0. The number of hydrogen-bond acceptors (Lipinski definition) is 2. The Morgan fingerprint density at radius 2 is 1.82 bits per heavy atom. The van der Waals surface area contributed by atoms with Crippen LogP contribution in [0, 0.1) is 16.7 Å². The van der Waals surface area contributed by atoms with Gasteiger partial charge in [0.25, 0.3) is 0 Å². The van der Waals surface area contributed by atoms with Crippen molar-refractivity contribution in [2.75, 3.05) is 0 Å². The molecular formula is C15H26O2. The van der Waals surface area contributed by atoms with Gasteiger partial charge in [0, 0.05) is 5.41 Å². The van der Waals surface area contributed by atoms with Crippen LogP contribution in [0.3, 0.4) is 0 Å². The zero-order valence-corrected chi connectivity index (χ0v) is 12.0. The van der Waals surface area contributed by atoms with Crippen molar-refractivity contribution in [1.29, 1.82) is 0 Å².